The quantitative estimate of drug-likeness (QED) is 0.128. The second kappa shape index (κ2) is 18.1. The van der Waals surface area contributed by atoms with E-state index in [1.165, 1.54) is 38.5 Å². The lowest BCUT2D eigenvalue weighted by atomic mass is 9.82. The van der Waals surface area contributed by atoms with E-state index in [1.54, 1.807) is 38.5 Å². The molecule has 2 aliphatic heterocycles. The number of rotatable bonds is 18. The molecule has 50 heavy (non-hydrogen) atoms. The normalized spacial score (nSPS) is 19.2. The molecule has 2 fully saturated rings. The SMILES string of the molecule is COc1ccc(OC)c(NC(=O)OC2CC3CCCC(C2)N3CCCCCCCCCCNS(=O)(=O)c2cccc3c(N(C)C)cccc23)c1. The van der Waals surface area contributed by atoms with E-state index in [-0.39, 0.29) is 6.10 Å². The summed E-state index contributed by atoms with van der Waals surface area (Å²) in [5, 5.41) is 4.53. The number of sulfonamides is 1. The van der Waals surface area contributed by atoms with Gasteiger partial charge in [-0.1, -0.05) is 69.2 Å². The van der Waals surface area contributed by atoms with Gasteiger partial charge in [-0.3, -0.25) is 10.2 Å². The monoisotopic (exact) mass is 708 g/mol. The van der Waals surface area contributed by atoms with Crippen LogP contribution in [0.3, 0.4) is 0 Å². The number of amides is 1. The number of hydrogen-bond acceptors (Lipinski definition) is 8. The van der Waals surface area contributed by atoms with Gasteiger partial charge in [-0.25, -0.2) is 17.9 Å². The number of hydrogen-bond donors (Lipinski definition) is 2. The van der Waals surface area contributed by atoms with Gasteiger partial charge in [-0.05, 0) is 56.5 Å². The van der Waals surface area contributed by atoms with Gasteiger partial charge in [0.25, 0.3) is 0 Å². The molecule has 1 amide bonds. The van der Waals surface area contributed by atoms with Crippen LogP contribution in [-0.2, 0) is 14.8 Å². The molecule has 0 aromatic heterocycles. The zero-order valence-corrected chi connectivity index (χ0v) is 31.1. The van der Waals surface area contributed by atoms with Crippen LogP contribution in [0.25, 0.3) is 10.8 Å². The topological polar surface area (TPSA) is 109 Å². The fourth-order valence-electron chi connectivity index (χ4n) is 7.75. The van der Waals surface area contributed by atoms with Gasteiger partial charge in [0.05, 0.1) is 24.8 Å². The third kappa shape index (κ3) is 9.82. The number of carbonyl (C=O) groups is 1. The fraction of sp³-hybridized carbons (Fsp3) is 0.564. The zero-order valence-electron chi connectivity index (χ0n) is 30.3. The van der Waals surface area contributed by atoms with Crippen LogP contribution in [0.15, 0.2) is 59.5 Å². The minimum Gasteiger partial charge on any atom is -0.497 e. The Morgan fingerprint density at radius 1 is 0.840 bits per heavy atom. The van der Waals surface area contributed by atoms with Crippen LogP contribution >= 0.6 is 0 Å². The molecule has 0 radical (unpaired) electrons. The van der Waals surface area contributed by atoms with E-state index in [4.69, 9.17) is 14.2 Å². The van der Waals surface area contributed by atoms with Gasteiger partial charge in [0.15, 0.2) is 0 Å². The summed E-state index contributed by atoms with van der Waals surface area (Å²) in [5.41, 5.74) is 1.54. The van der Waals surface area contributed by atoms with E-state index in [1.807, 2.05) is 49.3 Å². The number of nitrogens with zero attached hydrogens (tertiary/aromatic N) is 2. The second-order valence-electron chi connectivity index (χ2n) is 13.9. The van der Waals surface area contributed by atoms with E-state index in [9.17, 15) is 13.2 Å². The lowest BCUT2D eigenvalue weighted by molar-refractivity contribution is -0.0308. The van der Waals surface area contributed by atoms with E-state index in [2.05, 4.69) is 14.9 Å². The van der Waals surface area contributed by atoms with Crippen molar-refractivity contribution in [3.8, 4) is 11.5 Å². The molecule has 10 nitrogen and oxygen atoms in total. The highest BCUT2D eigenvalue weighted by Crippen LogP contribution is 2.36. The Balaban J connectivity index is 0.946. The highest BCUT2D eigenvalue weighted by Gasteiger charge is 2.39. The molecule has 0 aliphatic carbocycles. The fourth-order valence-corrected chi connectivity index (χ4v) is 9.04. The number of nitrogens with one attached hydrogen (secondary N) is 2. The minimum atomic E-state index is -3.58. The Bertz CT molecular complexity index is 1650. The Hall–Kier alpha value is -3.54. The van der Waals surface area contributed by atoms with Crippen LogP contribution in [0.5, 0.6) is 11.5 Å². The average Bonchev–Trinajstić information content (AvgIpc) is 3.09. The van der Waals surface area contributed by atoms with Crippen LogP contribution in [0, 0.1) is 0 Å². The van der Waals surface area contributed by atoms with Gasteiger partial charge in [-0.2, -0.15) is 0 Å². The van der Waals surface area contributed by atoms with Gasteiger partial charge in [-0.15, -0.1) is 0 Å². The van der Waals surface area contributed by atoms with E-state index in [0.29, 0.717) is 40.7 Å². The van der Waals surface area contributed by atoms with Crippen molar-refractivity contribution in [3.05, 3.63) is 54.6 Å². The maximum Gasteiger partial charge on any atom is 0.412 e. The first-order chi connectivity index (χ1) is 24.2. The lowest BCUT2D eigenvalue weighted by Gasteiger charge is -2.48. The smallest absolute Gasteiger partial charge is 0.412 e. The maximum atomic E-state index is 13.1. The van der Waals surface area contributed by atoms with E-state index < -0.39 is 16.1 Å². The summed E-state index contributed by atoms with van der Waals surface area (Å²) in [6, 6.07) is 17.5. The number of unbranched alkanes of at least 4 members (excludes halogenated alkanes) is 7. The highest BCUT2D eigenvalue weighted by molar-refractivity contribution is 7.89. The zero-order chi connectivity index (χ0) is 35.5. The molecule has 2 aliphatic rings. The maximum absolute atomic E-state index is 13.1. The van der Waals surface area contributed by atoms with E-state index >= 15 is 0 Å². The van der Waals surface area contributed by atoms with Crippen molar-refractivity contribution < 1.29 is 27.4 Å². The number of benzene rings is 3. The predicted octanol–water partition coefficient (Wildman–Crippen LogP) is 7.96. The Morgan fingerprint density at radius 3 is 2.18 bits per heavy atom. The molecule has 2 N–H and O–H groups in total. The van der Waals surface area contributed by atoms with E-state index in [0.717, 1.165) is 68.0 Å². The molecule has 2 saturated heterocycles. The predicted molar refractivity (Wildman–Crippen MR) is 201 cm³/mol. The van der Waals surface area contributed by atoms with Gasteiger partial charge in [0, 0.05) is 68.1 Å². The summed E-state index contributed by atoms with van der Waals surface area (Å²) in [6.45, 7) is 1.57. The molecule has 2 heterocycles. The number of methoxy groups -OCH3 is 2. The molecule has 3 aromatic carbocycles. The molecule has 274 valence electrons. The number of anilines is 2. The van der Waals surface area contributed by atoms with Gasteiger partial charge < -0.3 is 19.1 Å². The third-order valence-corrected chi connectivity index (χ3v) is 11.8. The summed E-state index contributed by atoms with van der Waals surface area (Å²) in [7, 11) is 3.51. The van der Waals surface area contributed by atoms with Crippen LogP contribution in [0.4, 0.5) is 16.2 Å². The van der Waals surface area contributed by atoms with Crippen molar-refractivity contribution in [2.45, 2.75) is 107 Å². The Morgan fingerprint density at radius 2 is 1.50 bits per heavy atom. The van der Waals surface area contributed by atoms with Crippen molar-refractivity contribution >= 4 is 38.3 Å². The average molecular weight is 709 g/mol. The third-order valence-electron chi connectivity index (χ3n) is 10.3. The molecule has 5 rings (SSSR count). The Labute approximate surface area is 298 Å². The summed E-state index contributed by atoms with van der Waals surface area (Å²) in [6.07, 6.45) is 13.8. The van der Waals surface area contributed by atoms with Crippen molar-refractivity contribution in [2.75, 3.05) is 51.6 Å². The molecule has 2 atom stereocenters. The molecule has 2 bridgehead atoms. The summed E-state index contributed by atoms with van der Waals surface area (Å²) < 4.78 is 45.7. The number of carbonyl (C=O) groups excluding carboxylic acids is 1. The molecular formula is C39H56N4O6S. The summed E-state index contributed by atoms with van der Waals surface area (Å²) >= 11 is 0. The van der Waals surface area contributed by atoms with Crippen LogP contribution in [0.2, 0.25) is 0 Å². The first-order valence-electron chi connectivity index (χ1n) is 18.3. The first-order valence-corrected chi connectivity index (χ1v) is 19.8. The van der Waals surface area contributed by atoms with Gasteiger partial charge >= 0.3 is 6.09 Å². The van der Waals surface area contributed by atoms with Gasteiger partial charge in [0.1, 0.15) is 17.6 Å². The van der Waals surface area contributed by atoms with Crippen LogP contribution in [0.1, 0.15) is 83.5 Å². The molecule has 0 spiro atoms. The molecule has 2 unspecified atom stereocenters. The first kappa shape index (κ1) is 37.7. The molecular weight excluding hydrogens is 653 g/mol. The number of fused-ring (bicyclic) bond motifs is 3. The van der Waals surface area contributed by atoms with Crippen molar-refractivity contribution in [3.63, 3.8) is 0 Å². The second-order valence-corrected chi connectivity index (χ2v) is 15.7. The molecule has 3 aromatic rings. The lowest BCUT2D eigenvalue weighted by Crippen LogP contribution is -2.54. The largest absolute Gasteiger partial charge is 0.497 e. The standard InChI is InChI=1S/C39H56N4O6S/c1-42(2)36-20-14-19-34-33(36)18-15-21-38(34)50(45,46)40-24-11-9-7-5-6-8-10-12-25-43-29-16-13-17-30(43)27-32(26-29)49-39(44)41-35-28-31(47-3)22-23-37(35)48-4/h14-15,18-23,28-30,32,40H,5-13,16-17,24-27H2,1-4H3,(H,41,44). The number of piperidine rings is 2. The highest BCUT2D eigenvalue weighted by atomic mass is 32.2. The van der Waals surface area contributed by atoms with Crippen LogP contribution in [-0.4, -0.2) is 79.0 Å². The van der Waals surface area contributed by atoms with Crippen molar-refractivity contribution in [1.82, 2.24) is 9.62 Å². The summed E-state index contributed by atoms with van der Waals surface area (Å²) in [5.74, 6) is 1.20. The van der Waals surface area contributed by atoms with Crippen molar-refractivity contribution in [1.29, 1.82) is 0 Å². The molecule has 0 saturated carbocycles. The van der Waals surface area contributed by atoms with Crippen molar-refractivity contribution in [2.24, 2.45) is 0 Å². The number of ether oxygens (including phenoxy) is 3. The minimum absolute atomic E-state index is 0.0806. The van der Waals surface area contributed by atoms with Gasteiger partial charge in [0.2, 0.25) is 10.0 Å². The molecule has 11 heteroatoms. The van der Waals surface area contributed by atoms with Crippen LogP contribution < -0.4 is 24.4 Å². The summed E-state index contributed by atoms with van der Waals surface area (Å²) in [4.78, 5) is 17.8. The Kier molecular flexibility index (Phi) is 13.7.